The minimum Gasteiger partial charge on any atom is -0.256 e. The Morgan fingerprint density at radius 3 is 2.60 bits per heavy atom. The Morgan fingerprint density at radius 1 is 1.15 bits per heavy atom. The molecule has 0 bridgehead atoms. The maximum absolute atomic E-state index is 4.54. The Labute approximate surface area is 124 Å². The number of aryl methyl sites for hydroxylation is 5. The highest BCUT2D eigenvalue weighted by Gasteiger charge is 2.11. The maximum atomic E-state index is 4.54. The second-order valence-corrected chi connectivity index (χ2v) is 5.38. The topological polar surface area (TPSA) is 73.8 Å². The first-order chi connectivity index (χ1) is 9.54. The fraction of sp³-hybridized carbons (Fsp3) is 0.417. The molecule has 3 rings (SSSR count). The molecule has 104 valence electrons. The van der Waals surface area contributed by atoms with Crippen molar-refractivity contribution in [3.05, 3.63) is 34.0 Å². The lowest BCUT2D eigenvalue weighted by molar-refractivity contribution is 0.681. The SMILES string of the molecule is Cc1ncc(C)n2nc(CCc3nc(Br)nn3C)nc12. The summed E-state index contributed by atoms with van der Waals surface area (Å²) in [5, 5.41) is 8.68. The van der Waals surface area contributed by atoms with Crippen molar-refractivity contribution in [2.24, 2.45) is 7.05 Å². The van der Waals surface area contributed by atoms with Crippen LogP contribution in [0.3, 0.4) is 0 Å². The molecule has 3 aromatic rings. The zero-order valence-electron chi connectivity index (χ0n) is 11.5. The fourth-order valence-corrected chi connectivity index (χ4v) is 2.51. The molecule has 0 aliphatic rings. The second-order valence-electron chi connectivity index (χ2n) is 4.67. The molecule has 0 aliphatic carbocycles. The van der Waals surface area contributed by atoms with Crippen molar-refractivity contribution >= 4 is 21.6 Å². The van der Waals surface area contributed by atoms with E-state index in [-0.39, 0.29) is 0 Å². The minimum atomic E-state index is 0.605. The van der Waals surface area contributed by atoms with Crippen molar-refractivity contribution in [3.8, 4) is 0 Å². The summed E-state index contributed by atoms with van der Waals surface area (Å²) in [5.41, 5.74) is 2.68. The first kappa shape index (κ1) is 13.2. The van der Waals surface area contributed by atoms with Crippen molar-refractivity contribution in [1.82, 2.24) is 34.3 Å². The maximum Gasteiger partial charge on any atom is 0.217 e. The number of aromatic nitrogens is 7. The average molecular weight is 336 g/mol. The van der Waals surface area contributed by atoms with E-state index in [2.05, 4.69) is 41.1 Å². The second kappa shape index (κ2) is 4.93. The third kappa shape index (κ3) is 2.31. The third-order valence-electron chi connectivity index (χ3n) is 3.15. The van der Waals surface area contributed by atoms with E-state index in [4.69, 9.17) is 0 Å². The molecule has 3 heterocycles. The molecule has 0 N–H and O–H groups in total. The molecular weight excluding hydrogens is 322 g/mol. The molecule has 0 saturated heterocycles. The van der Waals surface area contributed by atoms with Crippen molar-refractivity contribution in [2.75, 3.05) is 0 Å². The van der Waals surface area contributed by atoms with Crippen LogP contribution in [-0.2, 0) is 19.9 Å². The van der Waals surface area contributed by atoms with E-state index in [1.807, 2.05) is 25.4 Å². The van der Waals surface area contributed by atoms with Crippen molar-refractivity contribution in [2.45, 2.75) is 26.7 Å². The van der Waals surface area contributed by atoms with Crippen molar-refractivity contribution < 1.29 is 0 Å². The number of rotatable bonds is 3. The van der Waals surface area contributed by atoms with Crippen LogP contribution in [0, 0.1) is 13.8 Å². The monoisotopic (exact) mass is 335 g/mol. The first-order valence-corrected chi connectivity index (χ1v) is 7.07. The Hall–Kier alpha value is -1.83. The molecule has 7 nitrogen and oxygen atoms in total. The molecule has 0 aromatic carbocycles. The average Bonchev–Trinajstić information content (AvgIpc) is 2.96. The van der Waals surface area contributed by atoms with Gasteiger partial charge in [-0.05, 0) is 29.8 Å². The molecule has 0 spiro atoms. The van der Waals surface area contributed by atoms with E-state index >= 15 is 0 Å². The molecule has 0 amide bonds. The minimum absolute atomic E-state index is 0.605. The van der Waals surface area contributed by atoms with Gasteiger partial charge in [0.05, 0.1) is 11.4 Å². The lowest BCUT2D eigenvalue weighted by Gasteiger charge is -1.97. The lowest BCUT2D eigenvalue weighted by Crippen LogP contribution is -2.03. The highest BCUT2D eigenvalue weighted by Crippen LogP contribution is 2.10. The number of halogens is 1. The van der Waals surface area contributed by atoms with Gasteiger partial charge in [-0.15, -0.1) is 5.10 Å². The van der Waals surface area contributed by atoms with Gasteiger partial charge < -0.3 is 0 Å². The Balaban J connectivity index is 1.86. The molecular formula is C12H14BrN7. The van der Waals surface area contributed by atoms with E-state index in [0.29, 0.717) is 4.73 Å². The Bertz CT molecular complexity index is 735. The van der Waals surface area contributed by atoms with Crippen LogP contribution in [-0.4, -0.2) is 34.3 Å². The van der Waals surface area contributed by atoms with Gasteiger partial charge in [-0.25, -0.2) is 14.5 Å². The Kier molecular flexibility index (Phi) is 3.25. The zero-order valence-corrected chi connectivity index (χ0v) is 13.1. The van der Waals surface area contributed by atoms with Crippen molar-refractivity contribution in [1.29, 1.82) is 0 Å². The largest absolute Gasteiger partial charge is 0.256 e. The summed E-state index contributed by atoms with van der Waals surface area (Å²) in [7, 11) is 1.88. The normalized spacial score (nSPS) is 11.4. The van der Waals surface area contributed by atoms with Crippen LogP contribution in [0.5, 0.6) is 0 Å². The molecule has 0 fully saturated rings. The van der Waals surface area contributed by atoms with Crippen LogP contribution >= 0.6 is 15.9 Å². The van der Waals surface area contributed by atoms with E-state index < -0.39 is 0 Å². The highest BCUT2D eigenvalue weighted by molar-refractivity contribution is 9.10. The van der Waals surface area contributed by atoms with Gasteiger partial charge in [-0.3, -0.25) is 9.67 Å². The standard InChI is InChI=1S/C12H14BrN7/c1-7-6-14-8(2)11-15-9(17-20(7)11)4-5-10-16-12(13)18-19(10)3/h6H,4-5H2,1-3H3. The van der Waals surface area contributed by atoms with Gasteiger partial charge in [0, 0.05) is 26.1 Å². The number of hydrogen-bond donors (Lipinski definition) is 0. The summed E-state index contributed by atoms with van der Waals surface area (Å²) in [6.07, 6.45) is 3.28. The van der Waals surface area contributed by atoms with Gasteiger partial charge in [0.2, 0.25) is 4.73 Å². The van der Waals surface area contributed by atoms with Crippen molar-refractivity contribution in [3.63, 3.8) is 0 Å². The summed E-state index contributed by atoms with van der Waals surface area (Å²) in [6.45, 7) is 3.91. The molecule has 0 aliphatic heterocycles. The van der Waals surface area contributed by atoms with E-state index in [9.17, 15) is 0 Å². The van der Waals surface area contributed by atoms with Crippen LogP contribution in [0.15, 0.2) is 10.9 Å². The molecule has 20 heavy (non-hydrogen) atoms. The van der Waals surface area contributed by atoms with Gasteiger partial charge in [0.1, 0.15) is 5.82 Å². The summed E-state index contributed by atoms with van der Waals surface area (Å²) in [4.78, 5) is 13.2. The van der Waals surface area contributed by atoms with Crippen LogP contribution in [0.4, 0.5) is 0 Å². The van der Waals surface area contributed by atoms with E-state index in [1.165, 1.54) is 0 Å². The summed E-state index contributed by atoms with van der Waals surface area (Å²) < 4.78 is 4.20. The highest BCUT2D eigenvalue weighted by atomic mass is 79.9. The van der Waals surface area contributed by atoms with E-state index in [1.54, 1.807) is 10.9 Å². The zero-order chi connectivity index (χ0) is 14.3. The Morgan fingerprint density at radius 2 is 1.95 bits per heavy atom. The smallest absolute Gasteiger partial charge is 0.217 e. The summed E-state index contributed by atoms with van der Waals surface area (Å²) >= 11 is 3.27. The molecule has 3 aromatic heterocycles. The lowest BCUT2D eigenvalue weighted by atomic mass is 10.3. The predicted molar refractivity (Wildman–Crippen MR) is 76.4 cm³/mol. The van der Waals surface area contributed by atoms with Gasteiger partial charge in [0.15, 0.2) is 11.5 Å². The van der Waals surface area contributed by atoms with Crippen LogP contribution < -0.4 is 0 Å². The number of nitrogens with zero attached hydrogens (tertiary/aromatic N) is 7. The van der Waals surface area contributed by atoms with Crippen LogP contribution in [0.1, 0.15) is 23.0 Å². The van der Waals surface area contributed by atoms with Crippen LogP contribution in [0.2, 0.25) is 0 Å². The van der Waals surface area contributed by atoms with E-state index in [0.717, 1.165) is 41.5 Å². The summed E-state index contributed by atoms with van der Waals surface area (Å²) in [6, 6.07) is 0. The molecule has 0 saturated carbocycles. The molecule has 0 unspecified atom stereocenters. The van der Waals surface area contributed by atoms with Gasteiger partial charge in [-0.2, -0.15) is 5.10 Å². The predicted octanol–water partition coefficient (Wildman–Crippen LogP) is 1.42. The van der Waals surface area contributed by atoms with Gasteiger partial charge in [0.25, 0.3) is 0 Å². The third-order valence-corrected chi connectivity index (χ3v) is 3.49. The van der Waals surface area contributed by atoms with Gasteiger partial charge in [-0.1, -0.05) is 0 Å². The molecule has 0 radical (unpaired) electrons. The number of hydrogen-bond acceptors (Lipinski definition) is 5. The quantitative estimate of drug-likeness (QED) is 0.723. The molecule has 0 atom stereocenters. The number of fused-ring (bicyclic) bond motifs is 1. The molecule has 8 heteroatoms. The van der Waals surface area contributed by atoms with Gasteiger partial charge >= 0.3 is 0 Å². The first-order valence-electron chi connectivity index (χ1n) is 6.28. The summed E-state index contributed by atoms with van der Waals surface area (Å²) in [5.74, 6) is 1.70. The fourth-order valence-electron chi connectivity index (χ4n) is 2.07. The van der Waals surface area contributed by atoms with Crippen LogP contribution in [0.25, 0.3) is 5.65 Å².